The van der Waals surface area contributed by atoms with E-state index in [9.17, 15) is 9.59 Å². The number of hydrogen-bond acceptors (Lipinski definition) is 4. The van der Waals surface area contributed by atoms with Gasteiger partial charge in [0, 0.05) is 16.4 Å². The van der Waals surface area contributed by atoms with Gasteiger partial charge in [0.15, 0.2) is 0 Å². The highest BCUT2D eigenvalue weighted by atomic mass is 127. The van der Waals surface area contributed by atoms with E-state index in [1.165, 1.54) is 0 Å². The maximum absolute atomic E-state index is 13.6. The van der Waals surface area contributed by atoms with Crippen molar-refractivity contribution in [1.29, 1.82) is 0 Å². The lowest BCUT2D eigenvalue weighted by Crippen LogP contribution is -2.29. The standard InChI is InChI=1S/C26H35IN2O4/c1-25(2,3)16-9-10-21(32-7)19(13-16)29(24(31)12-11-23(28)30)20-14-17(26(4,5)6)18(27)15-22(20)33-8/h9-10,13-15H,11-12H2,1-8H3,(H2,28,30). The average Bonchev–Trinajstić information content (AvgIpc) is 2.71. The van der Waals surface area contributed by atoms with Gasteiger partial charge in [0.1, 0.15) is 11.5 Å². The second kappa shape index (κ2) is 10.3. The van der Waals surface area contributed by atoms with E-state index in [1.807, 2.05) is 30.3 Å². The Morgan fingerprint density at radius 1 is 0.879 bits per heavy atom. The van der Waals surface area contributed by atoms with Gasteiger partial charge in [0.25, 0.3) is 0 Å². The molecule has 2 amide bonds. The minimum Gasteiger partial charge on any atom is -0.495 e. The van der Waals surface area contributed by atoms with Gasteiger partial charge in [-0.3, -0.25) is 14.5 Å². The van der Waals surface area contributed by atoms with Crippen LogP contribution >= 0.6 is 22.6 Å². The first-order valence-corrected chi connectivity index (χ1v) is 12.0. The van der Waals surface area contributed by atoms with E-state index in [2.05, 4.69) is 64.1 Å². The van der Waals surface area contributed by atoms with Crippen molar-refractivity contribution in [1.82, 2.24) is 0 Å². The normalized spacial score (nSPS) is 11.8. The van der Waals surface area contributed by atoms with Crippen molar-refractivity contribution >= 4 is 45.8 Å². The SMILES string of the molecule is COc1ccc(C(C)(C)C)cc1N(C(=O)CCC(N)=O)c1cc(C(C)(C)C)c(I)cc1OC. The Balaban J connectivity index is 2.87. The van der Waals surface area contributed by atoms with Crippen molar-refractivity contribution in [2.75, 3.05) is 19.1 Å². The Bertz CT molecular complexity index is 1040. The molecule has 6 nitrogen and oxygen atoms in total. The molecule has 7 heteroatoms. The van der Waals surface area contributed by atoms with Crippen LogP contribution in [-0.2, 0) is 20.4 Å². The minimum atomic E-state index is -0.524. The molecule has 0 fully saturated rings. The fourth-order valence-electron chi connectivity index (χ4n) is 3.53. The number of primary amides is 1. The van der Waals surface area contributed by atoms with Gasteiger partial charge >= 0.3 is 0 Å². The number of nitrogens with zero attached hydrogens (tertiary/aromatic N) is 1. The van der Waals surface area contributed by atoms with E-state index in [-0.39, 0.29) is 29.6 Å². The Morgan fingerprint density at radius 3 is 1.94 bits per heavy atom. The van der Waals surface area contributed by atoms with Crippen LogP contribution < -0.4 is 20.1 Å². The van der Waals surface area contributed by atoms with Crippen LogP contribution in [0.1, 0.15) is 65.5 Å². The van der Waals surface area contributed by atoms with Crippen LogP contribution in [0, 0.1) is 3.57 Å². The van der Waals surface area contributed by atoms with Crippen molar-refractivity contribution in [3.8, 4) is 11.5 Å². The first-order valence-electron chi connectivity index (χ1n) is 10.9. The number of benzene rings is 2. The highest BCUT2D eigenvalue weighted by molar-refractivity contribution is 14.1. The smallest absolute Gasteiger partial charge is 0.232 e. The number of amides is 2. The van der Waals surface area contributed by atoms with Gasteiger partial charge in [0.2, 0.25) is 11.8 Å². The summed E-state index contributed by atoms with van der Waals surface area (Å²) in [7, 11) is 3.16. The quantitative estimate of drug-likeness (QED) is 0.428. The molecule has 0 spiro atoms. The third-order valence-corrected chi connectivity index (χ3v) is 6.33. The highest BCUT2D eigenvalue weighted by Gasteiger charge is 2.29. The van der Waals surface area contributed by atoms with Crippen LogP contribution in [-0.4, -0.2) is 26.0 Å². The lowest BCUT2D eigenvalue weighted by Gasteiger charge is -2.31. The van der Waals surface area contributed by atoms with Gasteiger partial charge in [-0.2, -0.15) is 0 Å². The lowest BCUT2D eigenvalue weighted by atomic mass is 9.86. The monoisotopic (exact) mass is 566 g/mol. The molecule has 0 aliphatic rings. The molecule has 0 unspecified atom stereocenters. The zero-order valence-corrected chi connectivity index (χ0v) is 23.0. The molecule has 0 atom stereocenters. The van der Waals surface area contributed by atoms with Crippen molar-refractivity contribution in [3.63, 3.8) is 0 Å². The predicted octanol–water partition coefficient (Wildman–Crippen LogP) is 5.83. The number of anilines is 2. The van der Waals surface area contributed by atoms with E-state index >= 15 is 0 Å². The second-order valence-electron chi connectivity index (χ2n) is 10.1. The molecule has 0 heterocycles. The first kappa shape index (κ1) is 27.0. The molecule has 2 rings (SSSR count). The van der Waals surface area contributed by atoms with Crippen LogP contribution in [0.15, 0.2) is 30.3 Å². The summed E-state index contributed by atoms with van der Waals surface area (Å²) in [4.78, 5) is 26.7. The molecule has 2 aromatic carbocycles. The molecule has 180 valence electrons. The summed E-state index contributed by atoms with van der Waals surface area (Å²) in [5.74, 6) is 0.317. The van der Waals surface area contributed by atoms with Crippen LogP contribution in [0.4, 0.5) is 11.4 Å². The number of carbonyl (C=O) groups excluding carboxylic acids is 2. The van der Waals surface area contributed by atoms with Crippen molar-refractivity contribution in [2.45, 2.75) is 65.2 Å². The molecule has 0 bridgehead atoms. The Kier molecular flexibility index (Phi) is 8.43. The number of hydrogen-bond donors (Lipinski definition) is 1. The Labute approximate surface area is 211 Å². The Hall–Kier alpha value is -2.29. The van der Waals surface area contributed by atoms with Gasteiger partial charge in [-0.1, -0.05) is 47.6 Å². The van der Waals surface area contributed by atoms with Crippen LogP contribution in [0.25, 0.3) is 0 Å². The van der Waals surface area contributed by atoms with Crippen molar-refractivity contribution in [3.05, 3.63) is 45.0 Å². The average molecular weight is 566 g/mol. The molecular formula is C26H35IN2O4. The van der Waals surface area contributed by atoms with E-state index in [1.54, 1.807) is 19.1 Å². The molecule has 0 aliphatic heterocycles. The third-order valence-electron chi connectivity index (χ3n) is 5.44. The number of rotatable bonds is 7. The van der Waals surface area contributed by atoms with Gasteiger partial charge in [-0.05, 0) is 68.8 Å². The minimum absolute atomic E-state index is 0.0295. The molecule has 0 saturated heterocycles. The van der Waals surface area contributed by atoms with Crippen LogP contribution in [0.3, 0.4) is 0 Å². The van der Waals surface area contributed by atoms with Gasteiger partial charge < -0.3 is 15.2 Å². The van der Waals surface area contributed by atoms with E-state index in [0.29, 0.717) is 22.9 Å². The zero-order valence-electron chi connectivity index (χ0n) is 20.8. The number of ether oxygens (including phenoxy) is 2. The highest BCUT2D eigenvalue weighted by Crippen LogP contribution is 2.44. The summed E-state index contributed by atoms with van der Waals surface area (Å²) in [6, 6.07) is 9.76. The number of halogens is 1. The summed E-state index contributed by atoms with van der Waals surface area (Å²) in [5, 5.41) is 0. The summed E-state index contributed by atoms with van der Waals surface area (Å²) in [5.41, 5.74) is 8.38. The summed E-state index contributed by atoms with van der Waals surface area (Å²) in [6.45, 7) is 12.7. The number of methoxy groups -OCH3 is 2. The lowest BCUT2D eigenvalue weighted by molar-refractivity contribution is -0.123. The number of carbonyl (C=O) groups is 2. The van der Waals surface area contributed by atoms with Crippen molar-refractivity contribution in [2.24, 2.45) is 5.73 Å². The molecule has 2 N–H and O–H groups in total. The molecular weight excluding hydrogens is 531 g/mol. The second-order valence-corrected chi connectivity index (χ2v) is 11.2. The topological polar surface area (TPSA) is 81.9 Å². The molecule has 0 radical (unpaired) electrons. The van der Waals surface area contributed by atoms with Crippen LogP contribution in [0.2, 0.25) is 0 Å². The molecule has 0 aliphatic carbocycles. The maximum Gasteiger partial charge on any atom is 0.232 e. The predicted molar refractivity (Wildman–Crippen MR) is 142 cm³/mol. The fourth-order valence-corrected chi connectivity index (χ4v) is 4.78. The van der Waals surface area contributed by atoms with Crippen LogP contribution in [0.5, 0.6) is 11.5 Å². The zero-order chi connectivity index (χ0) is 25.1. The van der Waals surface area contributed by atoms with E-state index in [0.717, 1.165) is 14.7 Å². The molecule has 2 aromatic rings. The molecule has 33 heavy (non-hydrogen) atoms. The third kappa shape index (κ3) is 6.40. The number of nitrogens with two attached hydrogens (primary N) is 1. The maximum atomic E-state index is 13.6. The molecule has 0 aromatic heterocycles. The van der Waals surface area contributed by atoms with Crippen molar-refractivity contribution < 1.29 is 19.1 Å². The van der Waals surface area contributed by atoms with Gasteiger partial charge in [-0.25, -0.2) is 0 Å². The summed E-state index contributed by atoms with van der Waals surface area (Å²) in [6.07, 6.45) is -0.0757. The first-order chi connectivity index (χ1) is 15.2. The largest absolute Gasteiger partial charge is 0.495 e. The Morgan fingerprint density at radius 2 is 1.45 bits per heavy atom. The summed E-state index contributed by atoms with van der Waals surface area (Å²) < 4.78 is 12.4. The van der Waals surface area contributed by atoms with Gasteiger partial charge in [0.05, 0.1) is 25.6 Å². The summed E-state index contributed by atoms with van der Waals surface area (Å²) >= 11 is 2.29. The van der Waals surface area contributed by atoms with E-state index < -0.39 is 5.91 Å². The van der Waals surface area contributed by atoms with Gasteiger partial charge in [-0.15, -0.1) is 0 Å². The molecule has 0 saturated carbocycles. The van der Waals surface area contributed by atoms with E-state index in [4.69, 9.17) is 15.2 Å². The fraction of sp³-hybridized carbons (Fsp3) is 0.462.